The van der Waals surface area contributed by atoms with E-state index in [0.29, 0.717) is 0 Å². The Labute approximate surface area is 143 Å². The van der Waals surface area contributed by atoms with Gasteiger partial charge < -0.3 is 15.2 Å². The van der Waals surface area contributed by atoms with Gasteiger partial charge in [0.1, 0.15) is 11.7 Å². The molecule has 0 aliphatic carbocycles. The van der Waals surface area contributed by atoms with Crippen molar-refractivity contribution >= 4 is 11.9 Å². The van der Waals surface area contributed by atoms with E-state index in [4.69, 9.17) is 4.74 Å². The van der Waals surface area contributed by atoms with Crippen molar-refractivity contribution in [1.29, 1.82) is 0 Å². The molecule has 1 rings (SSSR count). The van der Waals surface area contributed by atoms with E-state index in [9.17, 15) is 14.7 Å². The van der Waals surface area contributed by atoms with Gasteiger partial charge in [-0.05, 0) is 37.8 Å². The summed E-state index contributed by atoms with van der Waals surface area (Å²) in [6.45, 7) is 12.1. The van der Waals surface area contributed by atoms with Crippen LogP contribution in [-0.2, 0) is 14.9 Å². The smallest absolute Gasteiger partial charge is 0.326 e. The Hall–Kier alpha value is -1.95. The molecule has 0 radical (unpaired) electrons. The summed E-state index contributed by atoms with van der Waals surface area (Å²) in [6, 6.07) is 2.44. The van der Waals surface area contributed by atoms with Crippen LogP contribution in [0.25, 0.3) is 0 Å². The molecule has 1 aromatic heterocycles. The normalized spacial score (nSPS) is 13.4. The molecule has 0 aliphatic heterocycles. The van der Waals surface area contributed by atoms with Crippen molar-refractivity contribution in [2.75, 3.05) is 6.61 Å². The van der Waals surface area contributed by atoms with Gasteiger partial charge in [0.05, 0.1) is 5.60 Å². The Morgan fingerprint density at radius 1 is 1.21 bits per heavy atom. The number of hydrogen-bond donors (Lipinski definition) is 2. The summed E-state index contributed by atoms with van der Waals surface area (Å²) in [5.74, 6) is -1.59. The van der Waals surface area contributed by atoms with E-state index in [1.807, 2.05) is 26.8 Å². The maximum Gasteiger partial charge on any atom is 0.326 e. The first-order valence-electron chi connectivity index (χ1n) is 8.04. The lowest BCUT2D eigenvalue weighted by Crippen LogP contribution is -2.42. The molecule has 0 spiro atoms. The number of hydrogen-bond acceptors (Lipinski definition) is 4. The predicted molar refractivity (Wildman–Crippen MR) is 92.1 cm³/mol. The molecule has 1 amide bonds. The zero-order chi connectivity index (χ0) is 18.5. The number of aliphatic carboxylic acids is 1. The molecule has 6 nitrogen and oxygen atoms in total. The first-order chi connectivity index (χ1) is 10.9. The summed E-state index contributed by atoms with van der Waals surface area (Å²) in [5, 5.41) is 11.8. The van der Waals surface area contributed by atoms with Crippen LogP contribution < -0.4 is 5.32 Å². The molecule has 6 heteroatoms. The Morgan fingerprint density at radius 3 is 2.25 bits per heavy atom. The van der Waals surface area contributed by atoms with Gasteiger partial charge in [0, 0.05) is 19.2 Å². The SMILES string of the molecule is CC(C)(C)OCCC(NC(=O)c1ccc(C(C)(C)C)cn1)C(=O)O. The average Bonchev–Trinajstić information content (AvgIpc) is 2.43. The zero-order valence-corrected chi connectivity index (χ0v) is 15.3. The largest absolute Gasteiger partial charge is 0.480 e. The van der Waals surface area contributed by atoms with E-state index in [1.165, 1.54) is 0 Å². The Morgan fingerprint density at radius 2 is 1.83 bits per heavy atom. The Kier molecular flexibility index (Phi) is 6.49. The van der Waals surface area contributed by atoms with E-state index < -0.39 is 17.9 Å². The third-order valence-corrected chi connectivity index (χ3v) is 3.41. The molecule has 0 aromatic carbocycles. The van der Waals surface area contributed by atoms with Crippen molar-refractivity contribution in [2.24, 2.45) is 0 Å². The van der Waals surface area contributed by atoms with Gasteiger partial charge in [-0.15, -0.1) is 0 Å². The van der Waals surface area contributed by atoms with Crippen LogP contribution in [0.2, 0.25) is 0 Å². The summed E-state index contributed by atoms with van der Waals surface area (Å²) < 4.78 is 5.52. The van der Waals surface area contributed by atoms with Gasteiger partial charge in [0.2, 0.25) is 0 Å². The molecule has 1 atom stereocenters. The summed E-state index contributed by atoms with van der Waals surface area (Å²) in [6.07, 6.45) is 1.84. The summed E-state index contributed by atoms with van der Waals surface area (Å²) >= 11 is 0. The first-order valence-corrected chi connectivity index (χ1v) is 8.04. The molecule has 0 fully saturated rings. The number of amides is 1. The number of ether oxygens (including phenoxy) is 1. The topological polar surface area (TPSA) is 88.5 Å². The highest BCUT2D eigenvalue weighted by Gasteiger charge is 2.23. The Bertz CT molecular complexity index is 568. The van der Waals surface area contributed by atoms with Crippen molar-refractivity contribution in [2.45, 2.75) is 65.0 Å². The van der Waals surface area contributed by atoms with E-state index in [0.717, 1.165) is 5.56 Å². The zero-order valence-electron chi connectivity index (χ0n) is 15.3. The van der Waals surface area contributed by atoms with Crippen molar-refractivity contribution in [1.82, 2.24) is 10.3 Å². The average molecular weight is 336 g/mol. The lowest BCUT2D eigenvalue weighted by atomic mass is 9.88. The van der Waals surface area contributed by atoms with Crippen LogP contribution in [0, 0.1) is 0 Å². The minimum absolute atomic E-state index is 0.0596. The first kappa shape index (κ1) is 20.1. The van der Waals surface area contributed by atoms with Crippen molar-refractivity contribution in [3.63, 3.8) is 0 Å². The van der Waals surface area contributed by atoms with Gasteiger partial charge in [0.25, 0.3) is 5.91 Å². The number of aromatic nitrogens is 1. The minimum Gasteiger partial charge on any atom is -0.480 e. The van der Waals surface area contributed by atoms with Crippen LogP contribution in [-0.4, -0.2) is 40.2 Å². The quantitative estimate of drug-likeness (QED) is 0.834. The number of nitrogens with one attached hydrogen (secondary N) is 1. The number of nitrogens with zero attached hydrogens (tertiary/aromatic N) is 1. The fraction of sp³-hybridized carbons (Fsp3) is 0.611. The molecule has 1 heterocycles. The maximum absolute atomic E-state index is 12.2. The number of carbonyl (C=O) groups excluding carboxylic acids is 1. The molecular formula is C18H28N2O4. The summed E-state index contributed by atoms with van der Waals surface area (Å²) in [7, 11) is 0. The third-order valence-electron chi connectivity index (χ3n) is 3.41. The van der Waals surface area contributed by atoms with Crippen LogP contribution in [0.5, 0.6) is 0 Å². The second kappa shape index (κ2) is 7.75. The molecule has 2 N–H and O–H groups in total. The van der Waals surface area contributed by atoms with Gasteiger partial charge in [-0.2, -0.15) is 0 Å². The number of carboxylic acid groups (broad SMARTS) is 1. The van der Waals surface area contributed by atoms with Gasteiger partial charge in [-0.3, -0.25) is 9.78 Å². The molecule has 1 unspecified atom stereocenters. The van der Waals surface area contributed by atoms with Gasteiger partial charge in [-0.25, -0.2) is 4.79 Å². The van der Waals surface area contributed by atoms with E-state index in [2.05, 4.69) is 31.1 Å². The second-order valence-electron chi connectivity index (χ2n) is 7.80. The second-order valence-corrected chi connectivity index (χ2v) is 7.80. The maximum atomic E-state index is 12.2. The monoisotopic (exact) mass is 336 g/mol. The van der Waals surface area contributed by atoms with Crippen LogP contribution in [0.3, 0.4) is 0 Å². The van der Waals surface area contributed by atoms with Crippen molar-refractivity contribution in [3.05, 3.63) is 29.6 Å². The number of carboxylic acids is 1. The fourth-order valence-corrected chi connectivity index (χ4v) is 1.94. The summed E-state index contributed by atoms with van der Waals surface area (Å²) in [4.78, 5) is 27.7. The molecule has 0 saturated heterocycles. The van der Waals surface area contributed by atoms with E-state index in [1.54, 1.807) is 12.3 Å². The minimum atomic E-state index is -1.09. The fourth-order valence-electron chi connectivity index (χ4n) is 1.94. The molecule has 0 saturated carbocycles. The van der Waals surface area contributed by atoms with Crippen LogP contribution in [0.15, 0.2) is 18.3 Å². The van der Waals surface area contributed by atoms with E-state index in [-0.39, 0.29) is 29.7 Å². The lowest BCUT2D eigenvalue weighted by Gasteiger charge is -2.21. The predicted octanol–water partition coefficient (Wildman–Crippen LogP) is 2.77. The van der Waals surface area contributed by atoms with Crippen LogP contribution in [0.4, 0.5) is 0 Å². The summed E-state index contributed by atoms with van der Waals surface area (Å²) in [5.41, 5.74) is 0.797. The van der Waals surface area contributed by atoms with Gasteiger partial charge in [0.15, 0.2) is 0 Å². The molecule has 24 heavy (non-hydrogen) atoms. The molecule has 0 bridgehead atoms. The highest BCUT2D eigenvalue weighted by Crippen LogP contribution is 2.21. The van der Waals surface area contributed by atoms with Gasteiger partial charge in [-0.1, -0.05) is 26.8 Å². The standard InChI is InChI=1S/C18H28N2O4/c1-17(2,3)12-7-8-13(19-11-12)15(21)20-14(16(22)23)9-10-24-18(4,5)6/h7-8,11,14H,9-10H2,1-6H3,(H,20,21)(H,22,23). The van der Waals surface area contributed by atoms with Gasteiger partial charge >= 0.3 is 5.97 Å². The van der Waals surface area contributed by atoms with Crippen LogP contribution in [0.1, 0.15) is 64.0 Å². The number of rotatable bonds is 6. The molecule has 0 aliphatic rings. The molecule has 134 valence electrons. The molecule has 1 aromatic rings. The van der Waals surface area contributed by atoms with Crippen LogP contribution >= 0.6 is 0 Å². The number of pyridine rings is 1. The van der Waals surface area contributed by atoms with Crippen molar-refractivity contribution in [3.8, 4) is 0 Å². The molecular weight excluding hydrogens is 308 g/mol. The Balaban J connectivity index is 2.70. The van der Waals surface area contributed by atoms with Crippen molar-refractivity contribution < 1.29 is 19.4 Å². The highest BCUT2D eigenvalue weighted by atomic mass is 16.5. The van der Waals surface area contributed by atoms with E-state index >= 15 is 0 Å². The highest BCUT2D eigenvalue weighted by molar-refractivity contribution is 5.94. The lowest BCUT2D eigenvalue weighted by molar-refractivity contribution is -0.140. The number of carbonyl (C=O) groups is 2. The third kappa shape index (κ3) is 6.66.